The number of terminal acetylenes is 1. The van der Waals surface area contributed by atoms with Gasteiger partial charge < -0.3 is 10.6 Å². The molecule has 0 bridgehead atoms. The van der Waals surface area contributed by atoms with Crippen molar-refractivity contribution >= 4 is 29.3 Å². The number of benzene rings is 2. The van der Waals surface area contributed by atoms with Crippen molar-refractivity contribution < 1.29 is 9.59 Å². The first kappa shape index (κ1) is 18.6. The highest BCUT2D eigenvalue weighted by Gasteiger charge is 2.14. The van der Waals surface area contributed by atoms with Crippen LogP contribution in [0.2, 0.25) is 0 Å². The summed E-state index contributed by atoms with van der Waals surface area (Å²) in [5, 5.41) is 5.13. The summed E-state index contributed by atoms with van der Waals surface area (Å²) in [5.74, 6) is 2.81. The Balaban J connectivity index is 1.74. The van der Waals surface area contributed by atoms with Gasteiger partial charge in [-0.05, 0) is 30.7 Å². The van der Waals surface area contributed by atoms with Crippen molar-refractivity contribution in [1.29, 1.82) is 0 Å². The summed E-state index contributed by atoms with van der Waals surface area (Å²) in [6.45, 7) is 1.76. The molecule has 0 saturated heterocycles. The minimum Gasteiger partial charge on any atom is -0.346 e. The van der Waals surface area contributed by atoms with E-state index in [4.69, 9.17) is 6.42 Å². The molecule has 1 atom stereocenters. The molecule has 2 aromatic rings. The molecule has 0 aliphatic heterocycles. The molecule has 2 rings (SSSR count). The molecule has 0 aliphatic rings. The van der Waals surface area contributed by atoms with Gasteiger partial charge in [-0.2, -0.15) is 0 Å². The molecule has 2 N–H and O–H groups in total. The fourth-order valence-corrected chi connectivity index (χ4v) is 2.94. The largest absolute Gasteiger partial charge is 0.346 e. The number of rotatable bonds is 7. The first-order valence-electron chi connectivity index (χ1n) is 7.88. The maximum absolute atomic E-state index is 12.1. The van der Waals surface area contributed by atoms with Gasteiger partial charge in [0.05, 0.1) is 11.8 Å². The normalized spacial score (nSPS) is 11.2. The van der Waals surface area contributed by atoms with E-state index in [2.05, 4.69) is 16.6 Å². The van der Waals surface area contributed by atoms with E-state index in [0.29, 0.717) is 11.3 Å². The van der Waals surface area contributed by atoms with Crippen molar-refractivity contribution in [3.05, 3.63) is 65.7 Å². The van der Waals surface area contributed by atoms with Gasteiger partial charge in [-0.15, -0.1) is 18.2 Å². The van der Waals surface area contributed by atoms with Gasteiger partial charge in [-0.25, -0.2) is 0 Å². The predicted octanol–water partition coefficient (Wildman–Crippen LogP) is 3.04. The highest BCUT2D eigenvalue weighted by molar-refractivity contribution is 7.99. The van der Waals surface area contributed by atoms with E-state index in [1.165, 1.54) is 17.3 Å². The number of hydrogen-bond donors (Lipinski definition) is 2. The van der Waals surface area contributed by atoms with E-state index in [-0.39, 0.29) is 23.6 Å². The minimum atomic E-state index is -0.289. The Morgan fingerprint density at radius 2 is 1.92 bits per heavy atom. The van der Waals surface area contributed by atoms with Gasteiger partial charge in [0.15, 0.2) is 0 Å². The second kappa shape index (κ2) is 9.55. The lowest BCUT2D eigenvalue weighted by molar-refractivity contribution is -0.123. The van der Waals surface area contributed by atoms with Crippen molar-refractivity contribution in [2.75, 3.05) is 11.9 Å². The van der Waals surface area contributed by atoms with Crippen LogP contribution in [0.4, 0.5) is 5.69 Å². The molecule has 0 spiro atoms. The van der Waals surface area contributed by atoms with E-state index in [1.54, 1.807) is 24.3 Å². The first-order valence-corrected chi connectivity index (χ1v) is 8.93. The number of carbonyl (C=O) groups is 2. The Kier molecular flexibility index (Phi) is 7.12. The van der Waals surface area contributed by atoms with E-state index in [9.17, 15) is 9.59 Å². The maximum Gasteiger partial charge on any atom is 0.243 e. The van der Waals surface area contributed by atoms with Crippen LogP contribution in [0.3, 0.4) is 0 Å². The molecule has 2 aromatic carbocycles. The Morgan fingerprint density at radius 1 is 1.16 bits per heavy atom. The molecule has 0 aromatic heterocycles. The van der Waals surface area contributed by atoms with Gasteiger partial charge >= 0.3 is 0 Å². The lowest BCUT2D eigenvalue weighted by atomic mass is 10.2. The Labute approximate surface area is 152 Å². The summed E-state index contributed by atoms with van der Waals surface area (Å²) in [6.07, 6.45) is 5.33. The molecule has 0 radical (unpaired) electrons. The smallest absolute Gasteiger partial charge is 0.243 e. The SMILES string of the molecule is C#Cc1cccc(NC(=O)CNC(=O)[C@H](C)SCc2ccccc2)c1. The average Bonchev–Trinajstić information content (AvgIpc) is 2.65. The zero-order valence-electron chi connectivity index (χ0n) is 14.0. The molecule has 0 heterocycles. The van der Waals surface area contributed by atoms with E-state index >= 15 is 0 Å². The Bertz CT molecular complexity index is 769. The molecule has 5 heteroatoms. The predicted molar refractivity (Wildman–Crippen MR) is 103 cm³/mol. The van der Waals surface area contributed by atoms with E-state index in [1.807, 2.05) is 37.3 Å². The number of carbonyl (C=O) groups excluding carboxylic acids is 2. The second-order valence-corrected chi connectivity index (χ2v) is 6.76. The fraction of sp³-hybridized carbons (Fsp3) is 0.200. The van der Waals surface area contributed by atoms with Crippen LogP contribution in [0, 0.1) is 12.3 Å². The van der Waals surface area contributed by atoms with Crippen LogP contribution in [0.5, 0.6) is 0 Å². The monoisotopic (exact) mass is 352 g/mol. The quantitative estimate of drug-likeness (QED) is 0.753. The Hall–Kier alpha value is -2.71. The number of nitrogens with one attached hydrogen (secondary N) is 2. The zero-order chi connectivity index (χ0) is 18.1. The van der Waals surface area contributed by atoms with Gasteiger partial charge in [-0.1, -0.05) is 42.3 Å². The number of amides is 2. The summed E-state index contributed by atoms with van der Waals surface area (Å²) < 4.78 is 0. The van der Waals surface area contributed by atoms with Gasteiger partial charge in [0.1, 0.15) is 0 Å². The van der Waals surface area contributed by atoms with Crippen molar-refractivity contribution in [2.45, 2.75) is 17.9 Å². The van der Waals surface area contributed by atoms with Crippen molar-refractivity contribution in [1.82, 2.24) is 5.32 Å². The molecule has 0 unspecified atom stereocenters. The van der Waals surface area contributed by atoms with Crippen LogP contribution in [0.15, 0.2) is 54.6 Å². The molecule has 2 amide bonds. The summed E-state index contributed by atoms with van der Waals surface area (Å²) >= 11 is 1.53. The Morgan fingerprint density at radius 3 is 2.64 bits per heavy atom. The molecule has 0 fully saturated rings. The highest BCUT2D eigenvalue weighted by Crippen LogP contribution is 2.17. The standard InChI is InChI=1S/C20H20N2O2S/c1-3-16-10-7-11-18(12-16)22-19(23)13-21-20(24)15(2)25-14-17-8-5-4-6-9-17/h1,4-12,15H,13-14H2,2H3,(H,21,24)(H,22,23)/t15-/m0/s1. The third-order valence-electron chi connectivity index (χ3n) is 3.45. The van der Waals surface area contributed by atoms with Crippen LogP contribution in [0.25, 0.3) is 0 Å². The van der Waals surface area contributed by atoms with Crippen molar-refractivity contribution in [3.63, 3.8) is 0 Å². The summed E-state index contributed by atoms with van der Waals surface area (Å²) in [7, 11) is 0. The van der Waals surface area contributed by atoms with E-state index < -0.39 is 0 Å². The van der Waals surface area contributed by atoms with Crippen LogP contribution in [-0.2, 0) is 15.3 Å². The van der Waals surface area contributed by atoms with Gasteiger partial charge in [0, 0.05) is 17.0 Å². The first-order chi connectivity index (χ1) is 12.1. The van der Waals surface area contributed by atoms with Crippen LogP contribution >= 0.6 is 11.8 Å². The molecule has 25 heavy (non-hydrogen) atoms. The van der Waals surface area contributed by atoms with Crippen molar-refractivity contribution in [2.24, 2.45) is 0 Å². The van der Waals surface area contributed by atoms with Gasteiger partial charge in [-0.3, -0.25) is 9.59 Å². The highest BCUT2D eigenvalue weighted by atomic mass is 32.2. The fourth-order valence-electron chi connectivity index (χ4n) is 2.07. The van der Waals surface area contributed by atoms with E-state index in [0.717, 1.165) is 5.75 Å². The van der Waals surface area contributed by atoms with Gasteiger partial charge in [0.2, 0.25) is 11.8 Å². The van der Waals surface area contributed by atoms with Crippen LogP contribution in [0.1, 0.15) is 18.1 Å². The molecule has 0 aliphatic carbocycles. The lowest BCUT2D eigenvalue weighted by Crippen LogP contribution is -2.37. The zero-order valence-corrected chi connectivity index (χ0v) is 14.8. The maximum atomic E-state index is 12.1. The van der Waals surface area contributed by atoms with Crippen LogP contribution in [-0.4, -0.2) is 23.6 Å². The number of hydrogen-bond acceptors (Lipinski definition) is 3. The van der Waals surface area contributed by atoms with Crippen molar-refractivity contribution in [3.8, 4) is 12.3 Å². The average molecular weight is 352 g/mol. The molecule has 4 nitrogen and oxygen atoms in total. The third kappa shape index (κ3) is 6.36. The number of thioether (sulfide) groups is 1. The van der Waals surface area contributed by atoms with Crippen LogP contribution < -0.4 is 10.6 Å². The lowest BCUT2D eigenvalue weighted by Gasteiger charge is -2.12. The minimum absolute atomic E-state index is 0.0741. The summed E-state index contributed by atoms with van der Waals surface area (Å²) in [4.78, 5) is 24.0. The second-order valence-electron chi connectivity index (χ2n) is 5.43. The summed E-state index contributed by atoms with van der Waals surface area (Å²) in [5.41, 5.74) is 2.47. The topological polar surface area (TPSA) is 58.2 Å². The molecular formula is C20H20N2O2S. The molecule has 128 valence electrons. The van der Waals surface area contributed by atoms with Gasteiger partial charge in [0.25, 0.3) is 0 Å². The molecule has 0 saturated carbocycles. The molecular weight excluding hydrogens is 332 g/mol. The number of anilines is 1. The summed E-state index contributed by atoms with van der Waals surface area (Å²) in [6, 6.07) is 17.0. The third-order valence-corrected chi connectivity index (χ3v) is 4.66.